The molecule has 26 heavy (non-hydrogen) atoms. The van der Waals surface area contributed by atoms with Gasteiger partial charge in [0.1, 0.15) is 18.3 Å². The number of morpholine rings is 1. The summed E-state index contributed by atoms with van der Waals surface area (Å²) in [4.78, 5) is 25.0. The van der Waals surface area contributed by atoms with Crippen LogP contribution < -0.4 is 21.9 Å². The molecule has 3 heterocycles. The van der Waals surface area contributed by atoms with E-state index in [-0.39, 0.29) is 6.61 Å². The number of nitrogens with one attached hydrogen (secondary N) is 2. The van der Waals surface area contributed by atoms with Crippen LogP contribution in [0, 0.1) is 0 Å². The molecule has 0 bridgehead atoms. The fraction of sp³-hybridized carbons (Fsp3) is 0.692. The second kappa shape index (κ2) is 8.65. The Hall–Kier alpha value is -1.21. The molecule has 1 aromatic heterocycles. The molecule has 0 spiro atoms. The Morgan fingerprint density at radius 2 is 2.08 bits per heavy atom. The number of aliphatic hydroxyl groups excluding tert-OH is 2. The van der Waals surface area contributed by atoms with Gasteiger partial charge >= 0.3 is 5.69 Å². The summed E-state index contributed by atoms with van der Waals surface area (Å²) in [6, 6.07) is 1.12. The highest BCUT2D eigenvalue weighted by Crippen LogP contribution is 2.31. The van der Waals surface area contributed by atoms with Crippen molar-refractivity contribution >= 4 is 8.45 Å². The van der Waals surface area contributed by atoms with Crippen LogP contribution in [-0.2, 0) is 14.0 Å². The quantitative estimate of drug-likeness (QED) is 0.320. The van der Waals surface area contributed by atoms with Gasteiger partial charge in [0.05, 0.1) is 19.8 Å². The molecule has 0 aliphatic carbocycles. The first-order valence-electron chi connectivity index (χ1n) is 8.05. The van der Waals surface area contributed by atoms with E-state index in [9.17, 15) is 19.8 Å². The normalized spacial score (nSPS) is 31.2. The molecule has 1 unspecified atom stereocenters. The zero-order chi connectivity index (χ0) is 18.7. The summed E-state index contributed by atoms with van der Waals surface area (Å²) in [5.74, 6) is 0. The van der Waals surface area contributed by atoms with Crippen LogP contribution in [0.25, 0.3) is 0 Å². The number of rotatable bonds is 6. The average molecular weight is 391 g/mol. The summed E-state index contributed by atoms with van der Waals surface area (Å²) in [5, 5.41) is 25.2. The Bertz CT molecular complexity index is 709. The van der Waals surface area contributed by atoms with Crippen molar-refractivity contribution in [1.29, 1.82) is 0 Å². The van der Waals surface area contributed by atoms with E-state index in [0.717, 1.165) is 10.6 Å². The third-order valence-corrected chi connectivity index (χ3v) is 5.00. The van der Waals surface area contributed by atoms with Crippen molar-refractivity contribution in [3.05, 3.63) is 33.1 Å². The van der Waals surface area contributed by atoms with Crippen molar-refractivity contribution in [2.24, 2.45) is 5.50 Å². The molecule has 12 nitrogen and oxygen atoms in total. The lowest BCUT2D eigenvalue weighted by atomic mass is 10.1. The highest BCUT2D eigenvalue weighted by molar-refractivity contribution is 7.47. The van der Waals surface area contributed by atoms with Gasteiger partial charge in [-0.3, -0.25) is 19.8 Å². The van der Waals surface area contributed by atoms with Crippen molar-refractivity contribution in [2.45, 2.75) is 24.5 Å². The Balaban J connectivity index is 1.55. The number of aromatic nitrogens is 2. The van der Waals surface area contributed by atoms with Gasteiger partial charge in [-0.15, -0.1) is 0 Å². The van der Waals surface area contributed by atoms with Crippen molar-refractivity contribution in [1.82, 2.24) is 19.8 Å². The van der Waals surface area contributed by atoms with E-state index in [4.69, 9.17) is 19.5 Å². The standard InChI is InChI=1S/C13H22N5O7P/c14-26(16-17-3-5-23-6-4-17)24-7-8-10(20)11(21)12(25-8)18-2-1-9(19)15-13(18)22/h1-2,8,10-12,16,20-21H,3-7,14H2,(H,15,19,22)/t8-,10-,11-,12-,26?/m1/s1. The Morgan fingerprint density at radius 3 is 2.77 bits per heavy atom. The summed E-state index contributed by atoms with van der Waals surface area (Å²) >= 11 is 0. The molecule has 0 saturated carbocycles. The number of hydrogen-bond donors (Lipinski definition) is 5. The van der Waals surface area contributed by atoms with Crippen LogP contribution in [0.3, 0.4) is 0 Å². The van der Waals surface area contributed by atoms with E-state index in [1.165, 1.54) is 6.20 Å². The second-order valence-corrected chi connectivity index (χ2v) is 6.99. The molecule has 0 radical (unpaired) electrons. The minimum atomic E-state index is -1.50. The Morgan fingerprint density at radius 1 is 1.35 bits per heavy atom. The first-order chi connectivity index (χ1) is 12.5. The van der Waals surface area contributed by atoms with Crippen molar-refractivity contribution < 1.29 is 24.2 Å². The monoisotopic (exact) mass is 391 g/mol. The van der Waals surface area contributed by atoms with Crippen molar-refractivity contribution in [2.75, 3.05) is 32.9 Å². The summed E-state index contributed by atoms with van der Waals surface area (Å²) in [6.07, 6.45) is -3.46. The lowest BCUT2D eigenvalue weighted by Gasteiger charge is -2.29. The molecule has 2 aliphatic heterocycles. The molecule has 146 valence electrons. The van der Waals surface area contributed by atoms with Crippen LogP contribution in [0.15, 0.2) is 21.9 Å². The highest BCUT2D eigenvalue weighted by atomic mass is 31.2. The van der Waals surface area contributed by atoms with Gasteiger partial charge in [-0.05, 0) is 0 Å². The molecular formula is C13H22N5O7P. The molecule has 0 aromatic carbocycles. The van der Waals surface area contributed by atoms with Gasteiger partial charge in [0, 0.05) is 25.4 Å². The molecule has 0 amide bonds. The fourth-order valence-corrected chi connectivity index (χ4v) is 3.55. The SMILES string of the molecule is NP(NN1CCOCC1)OC[C@H]1O[C@@H](n2ccc(=O)[nH]c2=O)[C@H](O)[C@@H]1O. The number of nitrogens with zero attached hydrogens (tertiary/aromatic N) is 2. The fourth-order valence-electron chi connectivity index (χ4n) is 2.71. The van der Waals surface area contributed by atoms with Crippen molar-refractivity contribution in [3.8, 4) is 0 Å². The first-order valence-corrected chi connectivity index (χ1v) is 9.38. The lowest BCUT2D eigenvalue weighted by Crippen LogP contribution is -2.44. The number of aromatic amines is 1. The largest absolute Gasteiger partial charge is 0.387 e. The smallest absolute Gasteiger partial charge is 0.330 e. The third-order valence-electron chi connectivity index (χ3n) is 4.09. The Kier molecular flexibility index (Phi) is 6.51. The van der Waals surface area contributed by atoms with Gasteiger partial charge < -0.3 is 24.2 Å². The molecule has 2 saturated heterocycles. The molecule has 2 aliphatic rings. The number of aliphatic hydroxyl groups is 2. The van der Waals surface area contributed by atoms with Gasteiger partial charge in [-0.25, -0.2) is 9.80 Å². The van der Waals surface area contributed by atoms with Crippen LogP contribution in [-0.4, -0.2) is 76.0 Å². The predicted molar refractivity (Wildman–Crippen MR) is 89.8 cm³/mol. The number of ether oxygens (including phenoxy) is 2. The van der Waals surface area contributed by atoms with Gasteiger partial charge in [-0.1, -0.05) is 0 Å². The molecular weight excluding hydrogens is 369 g/mol. The summed E-state index contributed by atoms with van der Waals surface area (Å²) in [5.41, 5.74) is 4.59. The van der Waals surface area contributed by atoms with Crippen LogP contribution >= 0.6 is 8.45 Å². The van der Waals surface area contributed by atoms with Crippen LogP contribution in [0.1, 0.15) is 6.23 Å². The number of H-pyrrole nitrogens is 1. The molecule has 1 aromatic rings. The predicted octanol–water partition coefficient (Wildman–Crippen LogP) is -2.81. The van der Waals surface area contributed by atoms with E-state index in [0.29, 0.717) is 26.3 Å². The topological polar surface area (TPSA) is 164 Å². The molecule has 13 heteroatoms. The molecule has 6 N–H and O–H groups in total. The minimum Gasteiger partial charge on any atom is -0.387 e. The lowest BCUT2D eigenvalue weighted by molar-refractivity contribution is -0.0512. The summed E-state index contributed by atoms with van der Waals surface area (Å²) in [7, 11) is -1.50. The van der Waals surface area contributed by atoms with E-state index in [1.807, 2.05) is 5.01 Å². The van der Waals surface area contributed by atoms with E-state index in [2.05, 4.69) is 10.2 Å². The minimum absolute atomic E-state index is 0.0770. The van der Waals surface area contributed by atoms with E-state index >= 15 is 0 Å². The zero-order valence-corrected chi connectivity index (χ0v) is 14.7. The van der Waals surface area contributed by atoms with Crippen molar-refractivity contribution in [3.63, 3.8) is 0 Å². The second-order valence-electron chi connectivity index (χ2n) is 5.88. The Labute approximate surface area is 149 Å². The summed E-state index contributed by atoms with van der Waals surface area (Å²) in [6.45, 7) is 2.48. The molecule has 3 rings (SSSR count). The third kappa shape index (κ3) is 4.55. The average Bonchev–Trinajstić information content (AvgIpc) is 2.89. The zero-order valence-electron chi connectivity index (χ0n) is 13.9. The maximum Gasteiger partial charge on any atom is 0.330 e. The van der Waals surface area contributed by atoms with Crippen LogP contribution in [0.5, 0.6) is 0 Å². The molecule has 2 fully saturated rings. The van der Waals surface area contributed by atoms with Gasteiger partial charge in [0.15, 0.2) is 14.7 Å². The number of hydrazine groups is 1. The maximum atomic E-state index is 11.8. The summed E-state index contributed by atoms with van der Waals surface area (Å²) < 4.78 is 17.3. The van der Waals surface area contributed by atoms with Gasteiger partial charge in [0.25, 0.3) is 5.56 Å². The number of nitrogens with two attached hydrogens (primary N) is 1. The first kappa shape index (κ1) is 19.5. The maximum absolute atomic E-state index is 11.8. The van der Waals surface area contributed by atoms with Gasteiger partial charge in [-0.2, -0.15) is 5.20 Å². The van der Waals surface area contributed by atoms with Gasteiger partial charge in [0.2, 0.25) is 0 Å². The van der Waals surface area contributed by atoms with Crippen LogP contribution in [0.2, 0.25) is 0 Å². The number of hydrogen-bond acceptors (Lipinski definition) is 10. The van der Waals surface area contributed by atoms with E-state index in [1.54, 1.807) is 0 Å². The van der Waals surface area contributed by atoms with Crippen LogP contribution in [0.4, 0.5) is 0 Å². The van der Waals surface area contributed by atoms with E-state index < -0.39 is 44.2 Å². The highest BCUT2D eigenvalue weighted by Gasteiger charge is 2.44. The molecule has 5 atom stereocenters.